The van der Waals surface area contributed by atoms with Gasteiger partial charge in [-0.15, -0.1) is 0 Å². The predicted octanol–water partition coefficient (Wildman–Crippen LogP) is 1.46. The molecule has 1 aromatic carbocycles. The van der Waals surface area contributed by atoms with Crippen molar-refractivity contribution in [3.05, 3.63) is 29.8 Å². The van der Waals surface area contributed by atoms with E-state index in [0.717, 1.165) is 18.6 Å². The van der Waals surface area contributed by atoms with Gasteiger partial charge >= 0.3 is 7.12 Å². The Bertz CT molecular complexity index is 315. The molecule has 1 aromatic rings. The summed E-state index contributed by atoms with van der Waals surface area (Å²) < 4.78 is 5.53. The van der Waals surface area contributed by atoms with Crippen molar-refractivity contribution >= 4 is 12.6 Å². The van der Waals surface area contributed by atoms with E-state index in [1.54, 1.807) is 12.1 Å². The molecule has 0 bridgehead atoms. The first-order chi connectivity index (χ1) is 8.25. The van der Waals surface area contributed by atoms with E-state index in [1.807, 2.05) is 12.1 Å². The van der Waals surface area contributed by atoms with Crippen molar-refractivity contribution in [3.63, 3.8) is 0 Å². The van der Waals surface area contributed by atoms with Crippen LogP contribution in [0.15, 0.2) is 24.3 Å². The Kier molecular flexibility index (Phi) is 6.93. The minimum atomic E-state index is -1.42. The fourth-order valence-corrected chi connectivity index (χ4v) is 1.73. The smallest absolute Gasteiger partial charge is 0.423 e. The number of hydrogen-bond donors (Lipinski definition) is 2. The molecular weight excluding hydrogens is 215 g/mol. The van der Waals surface area contributed by atoms with E-state index in [2.05, 4.69) is 6.92 Å². The summed E-state index contributed by atoms with van der Waals surface area (Å²) in [5.41, 5.74) is 1.37. The maximum atomic E-state index is 9.18. The van der Waals surface area contributed by atoms with Crippen LogP contribution in [0.4, 0.5) is 0 Å². The second-order valence-electron chi connectivity index (χ2n) is 4.19. The maximum Gasteiger partial charge on any atom is 0.488 e. The zero-order valence-corrected chi connectivity index (χ0v) is 10.4. The van der Waals surface area contributed by atoms with Crippen LogP contribution in [0.1, 0.15) is 38.2 Å². The van der Waals surface area contributed by atoms with Crippen molar-refractivity contribution in [2.75, 3.05) is 6.61 Å². The van der Waals surface area contributed by atoms with Crippen LogP contribution in [0.2, 0.25) is 0 Å². The average molecular weight is 236 g/mol. The van der Waals surface area contributed by atoms with Crippen LogP contribution in [0.25, 0.3) is 0 Å². The highest BCUT2D eigenvalue weighted by Crippen LogP contribution is 2.03. The molecule has 0 unspecified atom stereocenters. The topological polar surface area (TPSA) is 49.7 Å². The molecular formula is C13H21BO3. The van der Waals surface area contributed by atoms with Gasteiger partial charge in [-0.1, -0.05) is 50.5 Å². The highest BCUT2D eigenvalue weighted by atomic mass is 16.5. The Balaban J connectivity index is 2.31. The third-order valence-corrected chi connectivity index (χ3v) is 2.73. The normalized spacial score (nSPS) is 10.5. The summed E-state index contributed by atoms with van der Waals surface area (Å²) in [5, 5.41) is 18.4. The van der Waals surface area contributed by atoms with Gasteiger partial charge in [0, 0.05) is 6.61 Å². The fourth-order valence-electron chi connectivity index (χ4n) is 1.73. The van der Waals surface area contributed by atoms with Crippen LogP contribution in [0, 0.1) is 0 Å². The number of unbranched alkanes of at least 4 members (excludes halogenated alkanes) is 3. The molecule has 0 amide bonds. The molecule has 2 N–H and O–H groups in total. The molecule has 94 valence electrons. The van der Waals surface area contributed by atoms with E-state index in [-0.39, 0.29) is 0 Å². The zero-order chi connectivity index (χ0) is 12.5. The van der Waals surface area contributed by atoms with Crippen molar-refractivity contribution in [1.82, 2.24) is 0 Å². The van der Waals surface area contributed by atoms with Crippen LogP contribution < -0.4 is 5.46 Å². The Morgan fingerprint density at radius 2 is 1.88 bits per heavy atom. The van der Waals surface area contributed by atoms with Crippen LogP contribution in [-0.4, -0.2) is 23.8 Å². The third kappa shape index (κ3) is 5.35. The Hall–Kier alpha value is -0.835. The summed E-state index contributed by atoms with van der Waals surface area (Å²) in [7, 11) is -1.42. The SMILES string of the molecule is CCCCCCOCc1ccccc1B(O)O. The van der Waals surface area contributed by atoms with Crippen molar-refractivity contribution in [2.24, 2.45) is 0 Å². The Labute approximate surface area is 104 Å². The van der Waals surface area contributed by atoms with Crippen LogP contribution >= 0.6 is 0 Å². The molecule has 0 fully saturated rings. The number of hydrogen-bond acceptors (Lipinski definition) is 3. The van der Waals surface area contributed by atoms with Gasteiger partial charge < -0.3 is 14.8 Å². The van der Waals surface area contributed by atoms with E-state index in [4.69, 9.17) is 4.74 Å². The van der Waals surface area contributed by atoms with E-state index >= 15 is 0 Å². The minimum absolute atomic E-state index is 0.444. The van der Waals surface area contributed by atoms with Gasteiger partial charge in [-0.25, -0.2) is 0 Å². The first kappa shape index (κ1) is 14.2. The molecule has 0 heterocycles. The minimum Gasteiger partial charge on any atom is -0.423 e. The van der Waals surface area contributed by atoms with E-state index in [0.29, 0.717) is 12.1 Å². The second kappa shape index (κ2) is 8.28. The van der Waals surface area contributed by atoms with Crippen molar-refractivity contribution in [3.8, 4) is 0 Å². The summed E-state index contributed by atoms with van der Waals surface area (Å²) in [6, 6.07) is 7.24. The quantitative estimate of drug-likeness (QED) is 0.530. The standard InChI is InChI=1S/C13H21BO3/c1-2-3-4-7-10-17-11-12-8-5-6-9-13(12)14(15)16/h5-6,8-9,15-16H,2-4,7,10-11H2,1H3. The summed E-state index contributed by atoms with van der Waals surface area (Å²) in [5.74, 6) is 0. The molecule has 0 aromatic heterocycles. The lowest BCUT2D eigenvalue weighted by atomic mass is 9.77. The van der Waals surface area contributed by atoms with Gasteiger partial charge in [-0.2, -0.15) is 0 Å². The monoisotopic (exact) mass is 236 g/mol. The van der Waals surface area contributed by atoms with Crippen molar-refractivity contribution < 1.29 is 14.8 Å². The van der Waals surface area contributed by atoms with Crippen LogP contribution in [0.5, 0.6) is 0 Å². The van der Waals surface area contributed by atoms with Gasteiger partial charge in [0.2, 0.25) is 0 Å². The largest absolute Gasteiger partial charge is 0.488 e. The van der Waals surface area contributed by atoms with Crippen LogP contribution in [-0.2, 0) is 11.3 Å². The predicted molar refractivity (Wildman–Crippen MR) is 70.1 cm³/mol. The van der Waals surface area contributed by atoms with Gasteiger partial charge in [-0.3, -0.25) is 0 Å². The number of benzene rings is 1. The highest BCUT2D eigenvalue weighted by Gasteiger charge is 2.14. The molecule has 0 atom stereocenters. The Morgan fingerprint density at radius 3 is 2.59 bits per heavy atom. The highest BCUT2D eigenvalue weighted by molar-refractivity contribution is 6.59. The molecule has 1 rings (SSSR count). The fraction of sp³-hybridized carbons (Fsp3) is 0.538. The van der Waals surface area contributed by atoms with Crippen LogP contribution in [0.3, 0.4) is 0 Å². The van der Waals surface area contributed by atoms with Gasteiger partial charge in [0.15, 0.2) is 0 Å². The maximum absolute atomic E-state index is 9.18. The van der Waals surface area contributed by atoms with E-state index < -0.39 is 7.12 Å². The second-order valence-corrected chi connectivity index (χ2v) is 4.19. The lowest BCUT2D eigenvalue weighted by molar-refractivity contribution is 0.117. The van der Waals surface area contributed by atoms with Gasteiger partial charge in [-0.05, 0) is 17.4 Å². The molecule has 3 nitrogen and oxygen atoms in total. The van der Waals surface area contributed by atoms with Gasteiger partial charge in [0.25, 0.3) is 0 Å². The van der Waals surface area contributed by atoms with Crippen molar-refractivity contribution in [2.45, 2.75) is 39.2 Å². The number of ether oxygens (including phenoxy) is 1. The first-order valence-electron chi connectivity index (χ1n) is 6.27. The average Bonchev–Trinajstić information content (AvgIpc) is 2.34. The lowest BCUT2D eigenvalue weighted by Gasteiger charge is -2.09. The molecule has 4 heteroatoms. The molecule has 0 spiro atoms. The van der Waals surface area contributed by atoms with E-state index in [9.17, 15) is 10.0 Å². The lowest BCUT2D eigenvalue weighted by Crippen LogP contribution is -2.33. The summed E-state index contributed by atoms with van der Waals surface area (Å²) in [4.78, 5) is 0. The molecule has 0 aliphatic rings. The molecule has 0 aliphatic heterocycles. The number of rotatable bonds is 8. The summed E-state index contributed by atoms with van der Waals surface area (Å²) in [6.45, 7) is 3.36. The molecule has 0 saturated heterocycles. The van der Waals surface area contributed by atoms with Crippen molar-refractivity contribution in [1.29, 1.82) is 0 Å². The molecule has 0 radical (unpaired) electrons. The summed E-state index contributed by atoms with van der Waals surface area (Å²) >= 11 is 0. The zero-order valence-electron chi connectivity index (χ0n) is 10.4. The van der Waals surface area contributed by atoms with Gasteiger partial charge in [0.05, 0.1) is 6.61 Å². The Morgan fingerprint density at radius 1 is 1.12 bits per heavy atom. The molecule has 0 saturated carbocycles. The molecule has 0 aliphatic carbocycles. The first-order valence-corrected chi connectivity index (χ1v) is 6.27. The van der Waals surface area contributed by atoms with Gasteiger partial charge in [0.1, 0.15) is 0 Å². The molecule has 17 heavy (non-hydrogen) atoms. The van der Waals surface area contributed by atoms with E-state index in [1.165, 1.54) is 19.3 Å². The summed E-state index contributed by atoms with van der Waals surface area (Å²) in [6.07, 6.45) is 4.73. The third-order valence-electron chi connectivity index (χ3n) is 2.73.